The Labute approximate surface area is 214 Å². The van der Waals surface area contributed by atoms with Gasteiger partial charge in [0.2, 0.25) is 5.91 Å². The third-order valence-electron chi connectivity index (χ3n) is 5.80. The molecular formula is C27H28ClFeN3O+2. The van der Waals surface area contributed by atoms with E-state index in [9.17, 15) is 4.79 Å². The Morgan fingerprint density at radius 2 is 1.58 bits per heavy atom. The predicted molar refractivity (Wildman–Crippen MR) is 131 cm³/mol. The van der Waals surface area contributed by atoms with Gasteiger partial charge in [-0.05, 0) is 101 Å². The molecule has 33 heavy (non-hydrogen) atoms. The van der Waals surface area contributed by atoms with Gasteiger partial charge < -0.3 is 9.80 Å². The van der Waals surface area contributed by atoms with E-state index in [-0.39, 0.29) is 23.0 Å². The number of amides is 1. The standard InChI is InChI=1S/C22H23ClN3O.C5H5.Fe/c23-18-8-9-19-20(16-18)24-11-10-21(19)25-12-14-26(15-13-25)22(27)7-3-6-17-4-1-2-5-17;1-2-4-5-3-1;/h1-2,4-5,8-11,16H,3,6-7,12-15H2;1-5H;/q;;+2. The zero-order chi connectivity index (χ0) is 22.2. The number of carbonyl (C=O) groups excluding carboxylic acids is 1. The fraction of sp³-hybridized carbons (Fsp3) is 0.259. The summed E-state index contributed by atoms with van der Waals surface area (Å²) in [6.07, 6.45) is 22.7. The van der Waals surface area contributed by atoms with Gasteiger partial charge in [0.05, 0.1) is 5.52 Å². The van der Waals surface area contributed by atoms with Crippen molar-refractivity contribution in [3.05, 3.63) is 99.2 Å². The van der Waals surface area contributed by atoms with Crippen molar-refractivity contribution in [2.75, 3.05) is 31.1 Å². The number of halogens is 1. The van der Waals surface area contributed by atoms with Gasteiger partial charge in [0.25, 0.3) is 0 Å². The van der Waals surface area contributed by atoms with E-state index >= 15 is 0 Å². The van der Waals surface area contributed by atoms with E-state index < -0.39 is 0 Å². The number of nitrogens with zero attached hydrogens (tertiary/aromatic N) is 3. The fourth-order valence-electron chi connectivity index (χ4n) is 4.08. The summed E-state index contributed by atoms with van der Waals surface area (Å²) in [7, 11) is 0. The van der Waals surface area contributed by atoms with Gasteiger partial charge in [-0.15, -0.1) is 0 Å². The third-order valence-corrected chi connectivity index (χ3v) is 6.03. The third kappa shape index (κ3) is 7.60. The van der Waals surface area contributed by atoms with Crippen LogP contribution in [0.1, 0.15) is 19.3 Å². The zero-order valence-corrected chi connectivity index (χ0v) is 20.4. The molecule has 2 aliphatic carbocycles. The second-order valence-corrected chi connectivity index (χ2v) is 8.40. The van der Waals surface area contributed by atoms with E-state index in [4.69, 9.17) is 11.6 Å². The molecule has 4 nitrogen and oxygen atoms in total. The van der Waals surface area contributed by atoms with Gasteiger partial charge >= 0.3 is 17.1 Å². The summed E-state index contributed by atoms with van der Waals surface area (Å²) in [6, 6.07) is 7.88. The first kappa shape index (κ1) is 26.3. The minimum Gasteiger partial charge on any atom is -0.367 e. The predicted octanol–water partition coefficient (Wildman–Crippen LogP) is 5.13. The van der Waals surface area contributed by atoms with Crippen LogP contribution in [0.25, 0.3) is 10.9 Å². The molecule has 3 aliphatic rings. The number of hydrogen-bond donors (Lipinski definition) is 0. The Kier molecular flexibility index (Phi) is 10.8. The van der Waals surface area contributed by atoms with Gasteiger partial charge in [-0.25, -0.2) is 0 Å². The van der Waals surface area contributed by atoms with Crippen LogP contribution in [0, 0.1) is 63.7 Å². The number of fused-ring (bicyclic) bond motifs is 1. The van der Waals surface area contributed by atoms with Crippen LogP contribution in [0.2, 0.25) is 5.02 Å². The summed E-state index contributed by atoms with van der Waals surface area (Å²) in [5.41, 5.74) is 2.07. The molecule has 1 amide bonds. The number of carbonyl (C=O) groups is 1. The Morgan fingerprint density at radius 1 is 0.909 bits per heavy atom. The van der Waals surface area contributed by atoms with Crippen molar-refractivity contribution in [2.24, 2.45) is 0 Å². The van der Waals surface area contributed by atoms with Crippen LogP contribution in [0.4, 0.5) is 5.69 Å². The van der Waals surface area contributed by atoms with Gasteiger partial charge in [-0.1, -0.05) is 11.6 Å². The van der Waals surface area contributed by atoms with Crippen molar-refractivity contribution in [1.82, 2.24) is 9.88 Å². The SMILES string of the molecule is O=C(CCC[C]1[CH][CH][CH][CH]1)N1CCN(c2ccnc3cc(Cl)ccc23)CC1.[CH]1[CH][CH][CH][CH]1.[Fe+2]. The monoisotopic (exact) mass is 501 g/mol. The molecule has 1 saturated heterocycles. The van der Waals surface area contributed by atoms with Gasteiger partial charge in [0.1, 0.15) is 0 Å². The number of rotatable bonds is 5. The molecule has 5 rings (SSSR count). The molecule has 0 unspecified atom stereocenters. The molecule has 2 heterocycles. The first-order chi connectivity index (χ1) is 15.7. The molecule has 10 radical (unpaired) electrons. The summed E-state index contributed by atoms with van der Waals surface area (Å²) in [5.74, 6) is 1.59. The average Bonchev–Trinajstić information content (AvgIpc) is 3.56. The van der Waals surface area contributed by atoms with Crippen LogP contribution in [-0.2, 0) is 21.9 Å². The second-order valence-electron chi connectivity index (χ2n) is 7.97. The first-order valence-electron chi connectivity index (χ1n) is 11.1. The Morgan fingerprint density at radius 3 is 2.24 bits per heavy atom. The van der Waals surface area contributed by atoms with Crippen LogP contribution in [0.15, 0.2) is 30.5 Å². The summed E-state index contributed by atoms with van der Waals surface area (Å²) in [5, 5.41) is 1.81. The quantitative estimate of drug-likeness (QED) is 0.533. The maximum atomic E-state index is 12.5. The first-order valence-corrected chi connectivity index (χ1v) is 11.5. The van der Waals surface area contributed by atoms with Crippen molar-refractivity contribution in [1.29, 1.82) is 0 Å². The van der Waals surface area contributed by atoms with Crippen molar-refractivity contribution < 1.29 is 21.9 Å². The minimum atomic E-state index is 0. The molecule has 1 aromatic carbocycles. The van der Waals surface area contributed by atoms with E-state index in [1.807, 2.05) is 80.3 Å². The van der Waals surface area contributed by atoms with Gasteiger partial charge in [-0.3, -0.25) is 9.78 Å². The number of benzene rings is 1. The molecule has 1 aliphatic heterocycles. The molecule has 0 spiro atoms. The number of pyridine rings is 1. The van der Waals surface area contributed by atoms with Crippen LogP contribution in [0.5, 0.6) is 0 Å². The van der Waals surface area contributed by atoms with E-state index in [1.165, 1.54) is 11.6 Å². The van der Waals surface area contributed by atoms with Gasteiger partial charge in [-0.2, -0.15) is 0 Å². The number of anilines is 1. The largest absolute Gasteiger partial charge is 2.00 e. The summed E-state index contributed by atoms with van der Waals surface area (Å²) >= 11 is 6.09. The van der Waals surface area contributed by atoms with Crippen molar-refractivity contribution >= 4 is 34.1 Å². The van der Waals surface area contributed by atoms with Gasteiger partial charge in [0, 0.05) is 54.9 Å². The van der Waals surface area contributed by atoms with Crippen molar-refractivity contribution in [3.8, 4) is 0 Å². The van der Waals surface area contributed by atoms with Crippen LogP contribution < -0.4 is 4.90 Å². The average molecular weight is 502 g/mol. The summed E-state index contributed by atoms with van der Waals surface area (Å²) in [4.78, 5) is 21.3. The van der Waals surface area contributed by atoms with E-state index in [2.05, 4.69) is 22.7 Å². The molecule has 0 bridgehead atoms. The van der Waals surface area contributed by atoms with E-state index in [0.717, 1.165) is 49.9 Å². The molecule has 0 N–H and O–H groups in total. The number of aromatic nitrogens is 1. The molecule has 2 saturated carbocycles. The van der Waals surface area contributed by atoms with E-state index in [0.29, 0.717) is 11.4 Å². The second kappa shape index (κ2) is 13.6. The van der Waals surface area contributed by atoms with Crippen LogP contribution in [-0.4, -0.2) is 42.0 Å². The molecule has 3 fully saturated rings. The van der Waals surface area contributed by atoms with Crippen molar-refractivity contribution in [2.45, 2.75) is 19.3 Å². The summed E-state index contributed by atoms with van der Waals surface area (Å²) in [6.45, 7) is 3.23. The molecule has 6 heteroatoms. The zero-order valence-electron chi connectivity index (χ0n) is 18.5. The van der Waals surface area contributed by atoms with Gasteiger partial charge in [0.15, 0.2) is 0 Å². The normalized spacial score (nSPS) is 18.7. The van der Waals surface area contributed by atoms with Crippen LogP contribution >= 0.6 is 11.6 Å². The number of piperazine rings is 1. The Hall–Kier alpha value is -1.29. The van der Waals surface area contributed by atoms with Crippen molar-refractivity contribution in [3.63, 3.8) is 0 Å². The fourth-order valence-corrected chi connectivity index (χ4v) is 4.25. The Balaban J connectivity index is 0.000000453. The topological polar surface area (TPSA) is 36.4 Å². The summed E-state index contributed by atoms with van der Waals surface area (Å²) < 4.78 is 0. The Bertz CT molecular complexity index is 867. The molecular weight excluding hydrogens is 474 g/mol. The van der Waals surface area contributed by atoms with Crippen LogP contribution in [0.3, 0.4) is 0 Å². The molecule has 2 aromatic rings. The number of hydrogen-bond acceptors (Lipinski definition) is 3. The maximum Gasteiger partial charge on any atom is 2.00 e. The minimum absolute atomic E-state index is 0. The van der Waals surface area contributed by atoms with E-state index in [1.54, 1.807) is 0 Å². The maximum absolute atomic E-state index is 12.5. The molecule has 170 valence electrons. The molecule has 0 atom stereocenters. The smallest absolute Gasteiger partial charge is 0.367 e. The molecule has 1 aromatic heterocycles.